The number of nitrogens with zero attached hydrogens (tertiary/aromatic N) is 1. The third kappa shape index (κ3) is 6.84. The standard InChI is InChI=1S/C24H32N2O2/c1-3-5-17-25-24(28)22(18-20-13-8-6-9-14-20)26(23(27)12-4-2)19-21-15-10-7-11-16-21/h6-11,13-16,22H,3-5,12,17-19H2,1-2H3,(H,25,28). The van der Waals surface area contributed by atoms with Gasteiger partial charge in [0.2, 0.25) is 11.8 Å². The second-order valence-electron chi connectivity index (χ2n) is 7.11. The lowest BCUT2D eigenvalue weighted by molar-refractivity contribution is -0.141. The van der Waals surface area contributed by atoms with E-state index in [0.717, 1.165) is 30.4 Å². The van der Waals surface area contributed by atoms with Crippen LogP contribution in [0.1, 0.15) is 50.7 Å². The van der Waals surface area contributed by atoms with Crippen molar-refractivity contribution in [1.29, 1.82) is 0 Å². The van der Waals surface area contributed by atoms with Crippen LogP contribution in [0.5, 0.6) is 0 Å². The van der Waals surface area contributed by atoms with Gasteiger partial charge in [0.05, 0.1) is 0 Å². The Bertz CT molecular complexity index is 716. The molecule has 1 N–H and O–H groups in total. The van der Waals surface area contributed by atoms with E-state index in [1.54, 1.807) is 4.90 Å². The molecule has 1 atom stereocenters. The van der Waals surface area contributed by atoms with Crippen LogP contribution in [0.2, 0.25) is 0 Å². The molecule has 1 unspecified atom stereocenters. The van der Waals surface area contributed by atoms with Gasteiger partial charge in [-0.25, -0.2) is 0 Å². The Balaban J connectivity index is 2.28. The van der Waals surface area contributed by atoms with Gasteiger partial charge in [0.25, 0.3) is 0 Å². The van der Waals surface area contributed by atoms with E-state index < -0.39 is 6.04 Å². The normalized spacial score (nSPS) is 11.6. The lowest BCUT2D eigenvalue weighted by atomic mass is 10.0. The largest absolute Gasteiger partial charge is 0.354 e. The summed E-state index contributed by atoms with van der Waals surface area (Å²) in [6, 6.07) is 19.3. The molecule has 0 radical (unpaired) electrons. The van der Waals surface area contributed by atoms with Crippen molar-refractivity contribution in [3.8, 4) is 0 Å². The van der Waals surface area contributed by atoms with Crippen molar-refractivity contribution >= 4 is 11.8 Å². The summed E-state index contributed by atoms with van der Waals surface area (Å²) in [5.41, 5.74) is 2.09. The minimum Gasteiger partial charge on any atom is -0.354 e. The molecule has 0 aliphatic rings. The van der Waals surface area contributed by atoms with Crippen molar-refractivity contribution in [3.63, 3.8) is 0 Å². The average molecular weight is 381 g/mol. The third-order valence-corrected chi connectivity index (χ3v) is 4.76. The lowest BCUT2D eigenvalue weighted by Gasteiger charge is -2.31. The number of hydrogen-bond donors (Lipinski definition) is 1. The van der Waals surface area contributed by atoms with E-state index in [4.69, 9.17) is 0 Å². The molecule has 0 saturated carbocycles. The molecule has 0 saturated heterocycles. The highest BCUT2D eigenvalue weighted by Crippen LogP contribution is 2.16. The number of nitrogens with one attached hydrogen (secondary N) is 1. The molecule has 0 aliphatic carbocycles. The number of carbonyl (C=O) groups is 2. The molecular formula is C24H32N2O2. The predicted molar refractivity (Wildman–Crippen MR) is 114 cm³/mol. The minimum atomic E-state index is -0.515. The predicted octanol–water partition coefficient (Wildman–Crippen LogP) is 4.34. The molecule has 4 heteroatoms. The molecule has 0 aromatic heterocycles. The molecule has 0 aliphatic heterocycles. The van der Waals surface area contributed by atoms with E-state index in [-0.39, 0.29) is 11.8 Å². The van der Waals surface area contributed by atoms with E-state index >= 15 is 0 Å². The maximum atomic E-state index is 13.1. The fourth-order valence-corrected chi connectivity index (χ4v) is 3.20. The number of carbonyl (C=O) groups excluding carboxylic acids is 2. The zero-order valence-corrected chi connectivity index (χ0v) is 17.1. The van der Waals surface area contributed by atoms with Crippen LogP contribution in [0.4, 0.5) is 0 Å². The Morgan fingerprint density at radius 1 is 0.893 bits per heavy atom. The molecule has 0 fully saturated rings. The Labute approximate surface area is 169 Å². The van der Waals surface area contributed by atoms with Crippen molar-refractivity contribution in [3.05, 3.63) is 71.8 Å². The first-order chi connectivity index (χ1) is 13.7. The SMILES string of the molecule is CCCCNC(=O)C(Cc1ccccc1)N(Cc1ccccc1)C(=O)CCC. The first kappa shape index (κ1) is 21.7. The van der Waals surface area contributed by atoms with Gasteiger partial charge in [-0.3, -0.25) is 9.59 Å². The molecule has 2 rings (SSSR count). The summed E-state index contributed by atoms with van der Waals surface area (Å²) in [6.45, 7) is 5.17. The first-order valence-electron chi connectivity index (χ1n) is 10.3. The molecule has 2 aromatic rings. The van der Waals surface area contributed by atoms with Crippen molar-refractivity contribution in [2.75, 3.05) is 6.54 Å². The van der Waals surface area contributed by atoms with Gasteiger partial charge in [0.1, 0.15) is 6.04 Å². The van der Waals surface area contributed by atoms with Gasteiger partial charge in [-0.15, -0.1) is 0 Å². The quantitative estimate of drug-likeness (QED) is 0.590. The maximum absolute atomic E-state index is 13.1. The first-order valence-corrected chi connectivity index (χ1v) is 10.3. The van der Waals surface area contributed by atoms with Gasteiger partial charge in [-0.05, 0) is 24.0 Å². The Hall–Kier alpha value is -2.62. The van der Waals surface area contributed by atoms with E-state index in [1.807, 2.05) is 67.6 Å². The number of benzene rings is 2. The molecule has 0 bridgehead atoms. The number of hydrogen-bond acceptors (Lipinski definition) is 2. The molecule has 2 aromatic carbocycles. The molecular weight excluding hydrogens is 348 g/mol. The average Bonchev–Trinajstić information content (AvgIpc) is 2.72. The van der Waals surface area contributed by atoms with Crippen molar-refractivity contribution < 1.29 is 9.59 Å². The van der Waals surface area contributed by atoms with Gasteiger partial charge < -0.3 is 10.2 Å². The van der Waals surface area contributed by atoms with Crippen LogP contribution in [0, 0.1) is 0 Å². The van der Waals surface area contributed by atoms with Gasteiger partial charge >= 0.3 is 0 Å². The third-order valence-electron chi connectivity index (χ3n) is 4.76. The zero-order valence-electron chi connectivity index (χ0n) is 17.1. The summed E-state index contributed by atoms with van der Waals surface area (Å²) in [5, 5.41) is 3.03. The highest BCUT2D eigenvalue weighted by Gasteiger charge is 2.29. The minimum absolute atomic E-state index is 0.0259. The van der Waals surface area contributed by atoms with E-state index in [1.165, 1.54) is 0 Å². The summed E-state index contributed by atoms with van der Waals surface area (Å²) < 4.78 is 0. The van der Waals surface area contributed by atoms with Crippen LogP contribution in [0.25, 0.3) is 0 Å². The summed E-state index contributed by atoms with van der Waals surface area (Å²) in [6.07, 6.45) is 3.68. The topological polar surface area (TPSA) is 49.4 Å². The number of amides is 2. The second kappa shape index (κ2) is 12.0. The molecule has 2 amide bonds. The molecule has 0 spiro atoms. The Kier molecular flexibility index (Phi) is 9.26. The van der Waals surface area contributed by atoms with Crippen molar-refractivity contribution in [2.45, 2.75) is 58.5 Å². The van der Waals surface area contributed by atoms with Gasteiger partial charge in [-0.2, -0.15) is 0 Å². The summed E-state index contributed by atoms with van der Waals surface area (Å²) in [7, 11) is 0. The van der Waals surface area contributed by atoms with Crippen LogP contribution in [0.15, 0.2) is 60.7 Å². The fraction of sp³-hybridized carbons (Fsp3) is 0.417. The summed E-state index contributed by atoms with van der Waals surface area (Å²) >= 11 is 0. The maximum Gasteiger partial charge on any atom is 0.243 e. The highest BCUT2D eigenvalue weighted by atomic mass is 16.2. The molecule has 150 valence electrons. The summed E-state index contributed by atoms with van der Waals surface area (Å²) in [5.74, 6) is -0.0457. The van der Waals surface area contributed by atoms with Gasteiger partial charge in [-0.1, -0.05) is 80.9 Å². The second-order valence-corrected chi connectivity index (χ2v) is 7.11. The van der Waals surface area contributed by atoms with Crippen molar-refractivity contribution in [2.24, 2.45) is 0 Å². The monoisotopic (exact) mass is 380 g/mol. The van der Waals surface area contributed by atoms with Crippen LogP contribution < -0.4 is 5.32 Å². The smallest absolute Gasteiger partial charge is 0.243 e. The lowest BCUT2D eigenvalue weighted by Crippen LogP contribution is -2.50. The number of unbranched alkanes of at least 4 members (excludes halogenated alkanes) is 1. The highest BCUT2D eigenvalue weighted by molar-refractivity contribution is 5.88. The Morgan fingerprint density at radius 2 is 1.50 bits per heavy atom. The van der Waals surface area contributed by atoms with E-state index in [2.05, 4.69) is 12.2 Å². The van der Waals surface area contributed by atoms with Crippen LogP contribution in [-0.2, 0) is 22.6 Å². The molecule has 4 nitrogen and oxygen atoms in total. The van der Waals surface area contributed by atoms with Gasteiger partial charge in [0.15, 0.2) is 0 Å². The molecule has 28 heavy (non-hydrogen) atoms. The summed E-state index contributed by atoms with van der Waals surface area (Å²) in [4.78, 5) is 27.8. The van der Waals surface area contributed by atoms with Crippen LogP contribution in [0.3, 0.4) is 0 Å². The Morgan fingerprint density at radius 3 is 2.07 bits per heavy atom. The van der Waals surface area contributed by atoms with Crippen molar-refractivity contribution in [1.82, 2.24) is 10.2 Å². The van der Waals surface area contributed by atoms with E-state index in [0.29, 0.717) is 25.9 Å². The van der Waals surface area contributed by atoms with Crippen LogP contribution >= 0.6 is 0 Å². The zero-order chi connectivity index (χ0) is 20.2. The van der Waals surface area contributed by atoms with E-state index in [9.17, 15) is 9.59 Å². The fourth-order valence-electron chi connectivity index (χ4n) is 3.20. The molecule has 0 heterocycles. The number of rotatable bonds is 11. The van der Waals surface area contributed by atoms with Crippen LogP contribution in [-0.4, -0.2) is 29.3 Å². The van der Waals surface area contributed by atoms with Gasteiger partial charge in [0, 0.05) is 25.9 Å².